The smallest absolute Gasteiger partial charge is 0.251 e. The molecule has 7 heteroatoms. The van der Waals surface area contributed by atoms with Crippen LogP contribution in [0.1, 0.15) is 32.7 Å². The van der Waals surface area contributed by atoms with Crippen LogP contribution in [0.25, 0.3) is 10.9 Å². The molecule has 1 atom stereocenters. The first kappa shape index (κ1) is 18.8. The van der Waals surface area contributed by atoms with E-state index in [9.17, 15) is 14.3 Å². The second kappa shape index (κ2) is 8.14. The third kappa shape index (κ3) is 4.04. The predicted molar refractivity (Wildman–Crippen MR) is 98.3 cm³/mol. The molecule has 3 rings (SSSR count). The minimum Gasteiger partial charge on any atom is -0.384 e. The van der Waals surface area contributed by atoms with Crippen molar-refractivity contribution >= 4 is 16.8 Å². The van der Waals surface area contributed by atoms with Crippen molar-refractivity contribution < 1.29 is 14.3 Å². The summed E-state index contributed by atoms with van der Waals surface area (Å²) in [7, 11) is 0. The summed E-state index contributed by atoms with van der Waals surface area (Å²) >= 11 is 0. The Hall–Kier alpha value is -1.99. The van der Waals surface area contributed by atoms with E-state index in [1.54, 1.807) is 17.2 Å². The summed E-state index contributed by atoms with van der Waals surface area (Å²) in [5.74, 6) is -0.447. The first-order chi connectivity index (χ1) is 12.5. The van der Waals surface area contributed by atoms with Crippen LogP contribution in [0.15, 0.2) is 24.4 Å². The maximum Gasteiger partial charge on any atom is 0.251 e. The number of hydrogen-bond donors (Lipinski definition) is 1. The number of fused-ring (bicyclic) bond motifs is 1. The number of aliphatic hydroxyl groups excluding tert-OH is 1. The molecule has 1 aromatic heterocycles. The fourth-order valence-electron chi connectivity index (χ4n) is 3.65. The summed E-state index contributed by atoms with van der Waals surface area (Å²) in [5.41, 5.74) is 0.976. The van der Waals surface area contributed by atoms with Crippen molar-refractivity contribution in [3.05, 3.63) is 30.2 Å². The van der Waals surface area contributed by atoms with Crippen molar-refractivity contribution in [3.8, 4) is 0 Å². The molecular formula is C19H27FN4O2. The van der Waals surface area contributed by atoms with Gasteiger partial charge in [0.15, 0.2) is 0 Å². The number of rotatable bonds is 6. The molecule has 1 amide bonds. The largest absolute Gasteiger partial charge is 0.384 e. The molecule has 142 valence electrons. The van der Waals surface area contributed by atoms with Crippen LogP contribution in [0.2, 0.25) is 0 Å². The lowest BCUT2D eigenvalue weighted by Crippen LogP contribution is -2.44. The lowest BCUT2D eigenvalue weighted by molar-refractivity contribution is -0.139. The highest BCUT2D eigenvalue weighted by Gasteiger charge is 2.23. The maximum absolute atomic E-state index is 13.3. The van der Waals surface area contributed by atoms with Crippen LogP contribution in [0.5, 0.6) is 0 Å². The Morgan fingerprint density at radius 3 is 2.81 bits per heavy atom. The number of amides is 1. The normalized spacial score (nSPS) is 17.5. The number of carbonyl (C=O) groups is 1. The average molecular weight is 362 g/mol. The number of likely N-dealkylation sites (tertiary alicyclic amines) is 1. The molecule has 0 aliphatic carbocycles. The topological polar surface area (TPSA) is 61.6 Å². The van der Waals surface area contributed by atoms with Gasteiger partial charge in [-0.3, -0.25) is 9.48 Å². The molecule has 1 aromatic carbocycles. The monoisotopic (exact) mass is 362 g/mol. The molecule has 1 aliphatic rings. The van der Waals surface area contributed by atoms with Crippen LogP contribution in [-0.4, -0.2) is 69.4 Å². The van der Waals surface area contributed by atoms with Gasteiger partial charge in [0.1, 0.15) is 11.9 Å². The molecule has 1 fully saturated rings. The number of benzene rings is 1. The standard InChI is InChI=1S/C19H27FN4O2/c1-3-23(19(26)14(2)25)11-10-22-8-6-17(7-9-22)24-18-5-4-16(20)12-15(18)13-21-24/h4-5,12-14,17,25H,3,6-11H2,1-2H3. The van der Waals surface area contributed by atoms with Gasteiger partial charge in [-0.15, -0.1) is 0 Å². The number of piperidine rings is 1. The highest BCUT2D eigenvalue weighted by molar-refractivity contribution is 5.80. The highest BCUT2D eigenvalue weighted by atomic mass is 19.1. The van der Waals surface area contributed by atoms with Crippen molar-refractivity contribution in [1.82, 2.24) is 19.6 Å². The summed E-state index contributed by atoms with van der Waals surface area (Å²) in [6, 6.07) is 5.11. The Bertz CT molecular complexity index is 753. The van der Waals surface area contributed by atoms with Gasteiger partial charge >= 0.3 is 0 Å². The number of nitrogens with zero attached hydrogens (tertiary/aromatic N) is 4. The van der Waals surface area contributed by atoms with E-state index in [4.69, 9.17) is 0 Å². The fourth-order valence-corrected chi connectivity index (χ4v) is 3.65. The first-order valence-electron chi connectivity index (χ1n) is 9.31. The van der Waals surface area contributed by atoms with Crippen molar-refractivity contribution in [2.45, 2.75) is 38.8 Å². The molecule has 26 heavy (non-hydrogen) atoms. The average Bonchev–Trinajstić information content (AvgIpc) is 3.05. The van der Waals surface area contributed by atoms with E-state index in [1.165, 1.54) is 19.1 Å². The highest BCUT2D eigenvalue weighted by Crippen LogP contribution is 2.26. The first-order valence-corrected chi connectivity index (χ1v) is 9.31. The lowest BCUT2D eigenvalue weighted by atomic mass is 10.0. The van der Waals surface area contributed by atoms with E-state index in [2.05, 4.69) is 10.00 Å². The number of halogens is 1. The molecule has 0 spiro atoms. The van der Waals surface area contributed by atoms with Gasteiger partial charge < -0.3 is 14.9 Å². The van der Waals surface area contributed by atoms with E-state index < -0.39 is 6.10 Å². The maximum atomic E-state index is 13.3. The van der Waals surface area contributed by atoms with Crippen molar-refractivity contribution in [2.24, 2.45) is 0 Å². The Morgan fingerprint density at radius 1 is 1.42 bits per heavy atom. The molecule has 1 aliphatic heterocycles. The van der Waals surface area contributed by atoms with E-state index in [0.29, 0.717) is 19.1 Å². The molecule has 2 aromatic rings. The minimum absolute atomic E-state index is 0.211. The molecule has 6 nitrogen and oxygen atoms in total. The van der Waals surface area contributed by atoms with Gasteiger partial charge in [0.25, 0.3) is 5.91 Å². The second-order valence-electron chi connectivity index (χ2n) is 6.96. The van der Waals surface area contributed by atoms with Crippen molar-refractivity contribution in [1.29, 1.82) is 0 Å². The van der Waals surface area contributed by atoms with Gasteiger partial charge in [-0.1, -0.05) is 0 Å². The van der Waals surface area contributed by atoms with Gasteiger partial charge in [-0.25, -0.2) is 4.39 Å². The Labute approximate surface area is 153 Å². The van der Waals surface area contributed by atoms with Crippen LogP contribution in [-0.2, 0) is 4.79 Å². The van der Waals surface area contributed by atoms with Crippen LogP contribution in [0.4, 0.5) is 4.39 Å². The Balaban J connectivity index is 1.55. The van der Waals surface area contributed by atoms with Crippen LogP contribution < -0.4 is 0 Å². The summed E-state index contributed by atoms with van der Waals surface area (Å²) < 4.78 is 15.4. The minimum atomic E-state index is -0.946. The Kier molecular flexibility index (Phi) is 5.88. The van der Waals surface area contributed by atoms with E-state index in [0.717, 1.165) is 43.4 Å². The van der Waals surface area contributed by atoms with Crippen LogP contribution in [0, 0.1) is 5.82 Å². The molecule has 2 heterocycles. The van der Waals surface area contributed by atoms with Crippen molar-refractivity contribution in [2.75, 3.05) is 32.7 Å². The molecule has 1 saturated heterocycles. The van der Waals surface area contributed by atoms with Crippen molar-refractivity contribution in [3.63, 3.8) is 0 Å². The Morgan fingerprint density at radius 2 is 2.15 bits per heavy atom. The van der Waals surface area contributed by atoms with Gasteiger partial charge in [0.2, 0.25) is 0 Å². The van der Waals surface area contributed by atoms with E-state index in [-0.39, 0.29) is 11.7 Å². The SMILES string of the molecule is CCN(CCN1CCC(n2ncc3cc(F)ccc32)CC1)C(=O)C(C)O. The zero-order valence-electron chi connectivity index (χ0n) is 15.4. The summed E-state index contributed by atoms with van der Waals surface area (Å²) in [6.07, 6.45) is 2.74. The zero-order chi connectivity index (χ0) is 18.7. The zero-order valence-corrected chi connectivity index (χ0v) is 15.4. The molecule has 0 radical (unpaired) electrons. The fraction of sp³-hybridized carbons (Fsp3) is 0.579. The molecule has 0 saturated carbocycles. The van der Waals surface area contributed by atoms with E-state index in [1.807, 2.05) is 11.6 Å². The van der Waals surface area contributed by atoms with Gasteiger partial charge in [-0.2, -0.15) is 5.10 Å². The number of likely N-dealkylation sites (N-methyl/N-ethyl adjacent to an activating group) is 1. The summed E-state index contributed by atoms with van der Waals surface area (Å²) in [6.45, 7) is 7.37. The number of aromatic nitrogens is 2. The summed E-state index contributed by atoms with van der Waals surface area (Å²) in [4.78, 5) is 16.0. The van der Waals surface area contributed by atoms with E-state index >= 15 is 0 Å². The van der Waals surface area contributed by atoms with Gasteiger partial charge in [-0.05, 0) is 44.9 Å². The number of carbonyl (C=O) groups excluding carboxylic acids is 1. The third-order valence-electron chi connectivity index (χ3n) is 5.20. The lowest BCUT2D eigenvalue weighted by Gasteiger charge is -2.34. The molecule has 1 N–H and O–H groups in total. The number of hydrogen-bond acceptors (Lipinski definition) is 4. The molecule has 1 unspecified atom stereocenters. The number of aliphatic hydroxyl groups is 1. The third-order valence-corrected chi connectivity index (χ3v) is 5.20. The molecular weight excluding hydrogens is 335 g/mol. The van der Waals surface area contributed by atoms with Crippen LogP contribution >= 0.6 is 0 Å². The van der Waals surface area contributed by atoms with Gasteiger partial charge in [0.05, 0.1) is 17.8 Å². The van der Waals surface area contributed by atoms with Crippen LogP contribution in [0.3, 0.4) is 0 Å². The quantitative estimate of drug-likeness (QED) is 0.854. The second-order valence-corrected chi connectivity index (χ2v) is 6.96. The van der Waals surface area contributed by atoms with Gasteiger partial charge in [0, 0.05) is 38.1 Å². The predicted octanol–water partition coefficient (Wildman–Crippen LogP) is 2.04. The molecule has 0 bridgehead atoms. The summed E-state index contributed by atoms with van der Waals surface area (Å²) in [5, 5.41) is 14.8.